The number of benzene rings is 3. The highest BCUT2D eigenvalue weighted by molar-refractivity contribution is 7.89. The van der Waals surface area contributed by atoms with Crippen molar-refractivity contribution in [1.82, 2.24) is 9.21 Å². The van der Waals surface area contributed by atoms with Crippen molar-refractivity contribution in [3.63, 3.8) is 0 Å². The predicted molar refractivity (Wildman–Crippen MR) is 145 cm³/mol. The molecular formula is C29H28F3N3O4S. The number of ketones is 1. The molecule has 11 heteroatoms. The summed E-state index contributed by atoms with van der Waals surface area (Å²) in [6, 6.07) is 19.6. The number of nitrogens with zero attached hydrogens (tertiary/aromatic N) is 3. The molecule has 0 unspecified atom stereocenters. The minimum Gasteiger partial charge on any atom is -0.505 e. The number of allylic oxidation sites excluding steroid dienone is 1. The van der Waals surface area contributed by atoms with Crippen LogP contribution in [0.4, 0.5) is 18.9 Å². The number of hydrogen-bond acceptors (Lipinski definition) is 6. The molecule has 1 N–H and O–H groups in total. The van der Waals surface area contributed by atoms with Crippen LogP contribution >= 0.6 is 0 Å². The number of halogens is 3. The van der Waals surface area contributed by atoms with E-state index in [4.69, 9.17) is 0 Å². The van der Waals surface area contributed by atoms with Gasteiger partial charge in [0.2, 0.25) is 5.78 Å². The number of carbonyl (C=O) groups excluding carboxylic acids is 1. The molecule has 0 bridgehead atoms. The van der Waals surface area contributed by atoms with Gasteiger partial charge in [0.1, 0.15) is 5.70 Å². The van der Waals surface area contributed by atoms with Gasteiger partial charge in [-0.05, 0) is 36.8 Å². The lowest BCUT2D eigenvalue weighted by Crippen LogP contribution is -2.47. The molecule has 0 spiro atoms. The average molecular weight is 572 g/mol. The molecule has 0 saturated carbocycles. The van der Waals surface area contributed by atoms with Gasteiger partial charge >= 0.3 is 6.18 Å². The molecule has 0 aliphatic carbocycles. The van der Waals surface area contributed by atoms with Gasteiger partial charge in [0.05, 0.1) is 10.5 Å². The normalized spacial score (nSPS) is 18.9. The van der Waals surface area contributed by atoms with E-state index in [1.165, 1.54) is 18.2 Å². The molecule has 2 heterocycles. The summed E-state index contributed by atoms with van der Waals surface area (Å²) in [6.45, 7) is 2.70. The number of alkyl halides is 3. The smallest absolute Gasteiger partial charge is 0.416 e. The molecule has 0 aromatic heterocycles. The Morgan fingerprint density at radius 3 is 2.23 bits per heavy atom. The number of sulfonamides is 1. The highest BCUT2D eigenvalue weighted by atomic mass is 32.2. The third-order valence-electron chi connectivity index (χ3n) is 7.18. The predicted octanol–water partition coefficient (Wildman–Crippen LogP) is 5.03. The number of piperazine rings is 1. The van der Waals surface area contributed by atoms with E-state index in [-0.39, 0.29) is 22.7 Å². The fourth-order valence-corrected chi connectivity index (χ4v) is 6.80. The van der Waals surface area contributed by atoms with E-state index < -0.39 is 33.3 Å². The van der Waals surface area contributed by atoms with Crippen LogP contribution in [0.1, 0.15) is 27.9 Å². The van der Waals surface area contributed by atoms with Crippen LogP contribution in [-0.4, -0.2) is 67.8 Å². The van der Waals surface area contributed by atoms with Gasteiger partial charge in [-0.1, -0.05) is 48.5 Å². The Bertz CT molecular complexity index is 1530. The topological polar surface area (TPSA) is 81.2 Å². The van der Waals surface area contributed by atoms with Crippen LogP contribution in [0.3, 0.4) is 0 Å². The van der Waals surface area contributed by atoms with Gasteiger partial charge in [0.15, 0.2) is 5.76 Å². The summed E-state index contributed by atoms with van der Waals surface area (Å²) in [5.74, 6) is -0.972. The zero-order chi connectivity index (χ0) is 28.5. The second-order valence-corrected chi connectivity index (χ2v) is 11.5. The molecular weight excluding hydrogens is 543 g/mol. The summed E-state index contributed by atoms with van der Waals surface area (Å²) in [4.78, 5) is 17.3. The Hall–Kier alpha value is -3.83. The zero-order valence-electron chi connectivity index (χ0n) is 21.5. The fourth-order valence-electron chi connectivity index (χ4n) is 5.10. The highest BCUT2D eigenvalue weighted by Gasteiger charge is 2.41. The standard InChI is InChI=1S/C29H28F3N3O4S/c30-29(31,32)22-10-6-11-23(20-22)34-18-16-33(17-19-34)14-7-15-35-26(27(36)21-8-2-1-3-9-21)28(37)24-12-4-5-13-25(24)40(35,38)39/h1-6,8-13,20,36H,7,14-19H2. The summed E-state index contributed by atoms with van der Waals surface area (Å²) in [5.41, 5.74) is -0.108. The third kappa shape index (κ3) is 5.44. The number of carbonyl (C=O) groups is 1. The van der Waals surface area contributed by atoms with Crippen molar-refractivity contribution in [3.8, 4) is 0 Å². The quantitative estimate of drug-likeness (QED) is 0.330. The molecule has 3 aromatic carbocycles. The van der Waals surface area contributed by atoms with Gasteiger partial charge < -0.3 is 10.0 Å². The largest absolute Gasteiger partial charge is 0.505 e. The first-order valence-corrected chi connectivity index (χ1v) is 14.3. The number of rotatable bonds is 6. The molecule has 5 rings (SSSR count). The fraction of sp³-hybridized carbons (Fsp3) is 0.276. The van der Waals surface area contributed by atoms with Crippen LogP contribution in [0.15, 0.2) is 89.5 Å². The first-order chi connectivity index (χ1) is 19.1. The number of hydrogen-bond donors (Lipinski definition) is 1. The second-order valence-electron chi connectivity index (χ2n) is 9.70. The van der Waals surface area contributed by atoms with Crippen LogP contribution in [0.2, 0.25) is 0 Å². The van der Waals surface area contributed by atoms with E-state index in [1.54, 1.807) is 48.5 Å². The molecule has 210 valence electrons. The minimum absolute atomic E-state index is 0.0157. The van der Waals surface area contributed by atoms with Gasteiger partial charge in [-0.25, -0.2) is 8.42 Å². The molecule has 2 aliphatic heterocycles. The van der Waals surface area contributed by atoms with E-state index in [0.29, 0.717) is 50.4 Å². The highest BCUT2D eigenvalue weighted by Crippen LogP contribution is 2.36. The van der Waals surface area contributed by atoms with Crippen molar-refractivity contribution in [2.24, 2.45) is 0 Å². The van der Waals surface area contributed by atoms with Crippen LogP contribution in [-0.2, 0) is 16.2 Å². The van der Waals surface area contributed by atoms with Crippen LogP contribution in [0, 0.1) is 0 Å². The third-order valence-corrected chi connectivity index (χ3v) is 9.04. The Balaban J connectivity index is 1.30. The van der Waals surface area contributed by atoms with E-state index in [9.17, 15) is 31.5 Å². The lowest BCUT2D eigenvalue weighted by Gasteiger charge is -2.37. The maximum Gasteiger partial charge on any atom is 0.416 e. The summed E-state index contributed by atoms with van der Waals surface area (Å²) >= 11 is 0. The summed E-state index contributed by atoms with van der Waals surface area (Å²) < 4.78 is 67.5. The molecule has 40 heavy (non-hydrogen) atoms. The van der Waals surface area contributed by atoms with Gasteiger partial charge in [0.25, 0.3) is 10.0 Å². The molecule has 1 saturated heterocycles. The van der Waals surface area contributed by atoms with Crippen molar-refractivity contribution >= 4 is 27.3 Å². The molecule has 0 amide bonds. The molecule has 1 fully saturated rings. The minimum atomic E-state index is -4.41. The lowest BCUT2D eigenvalue weighted by molar-refractivity contribution is -0.137. The molecule has 0 radical (unpaired) electrons. The molecule has 0 atom stereocenters. The summed E-state index contributed by atoms with van der Waals surface area (Å²) in [7, 11) is -4.11. The van der Waals surface area contributed by atoms with E-state index in [1.807, 2.05) is 4.90 Å². The Morgan fingerprint density at radius 1 is 0.850 bits per heavy atom. The first-order valence-electron chi connectivity index (χ1n) is 12.9. The maximum absolute atomic E-state index is 13.6. The van der Waals surface area contributed by atoms with Crippen molar-refractivity contribution in [2.75, 3.05) is 44.2 Å². The van der Waals surface area contributed by atoms with E-state index in [2.05, 4.69) is 4.90 Å². The van der Waals surface area contributed by atoms with Crippen LogP contribution in [0.25, 0.3) is 5.76 Å². The SMILES string of the molecule is O=C1C(=C(O)c2ccccc2)N(CCCN2CCN(c3cccc(C(F)(F)F)c3)CC2)S(=O)(=O)c2ccccc21. The van der Waals surface area contributed by atoms with Crippen molar-refractivity contribution in [2.45, 2.75) is 17.5 Å². The number of fused-ring (bicyclic) bond motifs is 1. The van der Waals surface area contributed by atoms with Gasteiger partial charge in [-0.15, -0.1) is 0 Å². The average Bonchev–Trinajstić information content (AvgIpc) is 2.96. The van der Waals surface area contributed by atoms with Crippen molar-refractivity contribution in [1.29, 1.82) is 0 Å². The summed E-state index contributed by atoms with van der Waals surface area (Å²) in [6.07, 6.45) is -4.03. The van der Waals surface area contributed by atoms with Crippen LogP contribution in [0.5, 0.6) is 0 Å². The summed E-state index contributed by atoms with van der Waals surface area (Å²) in [5, 5.41) is 11.1. The Morgan fingerprint density at radius 2 is 1.52 bits per heavy atom. The Kier molecular flexibility index (Phi) is 7.61. The van der Waals surface area contributed by atoms with Gasteiger partial charge in [-0.3, -0.25) is 14.0 Å². The first kappa shape index (κ1) is 27.7. The van der Waals surface area contributed by atoms with Gasteiger partial charge in [-0.2, -0.15) is 13.2 Å². The van der Waals surface area contributed by atoms with Crippen molar-refractivity contribution < 1.29 is 31.5 Å². The molecule has 7 nitrogen and oxygen atoms in total. The lowest BCUT2D eigenvalue weighted by atomic mass is 10.0. The van der Waals surface area contributed by atoms with E-state index >= 15 is 0 Å². The molecule has 3 aromatic rings. The second kappa shape index (κ2) is 11.0. The van der Waals surface area contributed by atoms with Crippen LogP contribution < -0.4 is 4.90 Å². The monoisotopic (exact) mass is 571 g/mol. The number of anilines is 1. The molecule has 2 aliphatic rings. The Labute approximate surface area is 230 Å². The maximum atomic E-state index is 13.6. The van der Waals surface area contributed by atoms with Crippen molar-refractivity contribution in [3.05, 3.63) is 101 Å². The van der Waals surface area contributed by atoms with Gasteiger partial charge in [0, 0.05) is 56.1 Å². The number of aliphatic hydroxyl groups excluding tert-OH is 1. The van der Waals surface area contributed by atoms with E-state index in [0.717, 1.165) is 16.4 Å². The zero-order valence-corrected chi connectivity index (χ0v) is 22.3. The number of aliphatic hydroxyl groups is 1. The number of Topliss-reactive ketones (excluding diaryl/α,β-unsaturated/α-hetero) is 1.